The summed E-state index contributed by atoms with van der Waals surface area (Å²) in [6, 6.07) is 16.6. The molecular formula is C22H32BrClO2Si2. The zero-order valence-electron chi connectivity index (χ0n) is 17.4. The van der Waals surface area contributed by atoms with Crippen LogP contribution in [0, 0.1) is 0 Å². The number of para-hydroxylation sites is 2. The molecule has 0 saturated carbocycles. The number of hydrogen-bond donors (Lipinski definition) is 0. The van der Waals surface area contributed by atoms with Gasteiger partial charge in [-0.25, -0.2) is 0 Å². The number of hydrogen-bond acceptors (Lipinski definition) is 2. The molecule has 0 aromatic heterocycles. The smallest absolute Gasteiger partial charge is 0.274 e. The van der Waals surface area contributed by atoms with Crippen LogP contribution < -0.4 is 8.85 Å². The number of benzene rings is 2. The highest BCUT2D eigenvalue weighted by Crippen LogP contribution is 2.21. The minimum absolute atomic E-state index is 0.645. The molecule has 2 rings (SSSR count). The molecule has 0 bridgehead atoms. The van der Waals surface area contributed by atoms with Crippen LogP contribution in [0.15, 0.2) is 48.5 Å². The Balaban J connectivity index is 0.000000280. The van der Waals surface area contributed by atoms with Gasteiger partial charge in [-0.15, -0.1) is 11.6 Å². The number of halogens is 2. The van der Waals surface area contributed by atoms with Crippen LogP contribution in [-0.2, 0) is 12.8 Å². The molecule has 0 aliphatic carbocycles. The lowest BCUT2D eigenvalue weighted by molar-refractivity contribution is 0.570. The summed E-state index contributed by atoms with van der Waals surface area (Å²) in [6.07, 6.45) is 4.28. The summed E-state index contributed by atoms with van der Waals surface area (Å²) in [6.45, 7) is 8.60. The second kappa shape index (κ2) is 15.1. The van der Waals surface area contributed by atoms with Crippen LogP contribution in [0.1, 0.15) is 24.0 Å². The Kier molecular flexibility index (Phi) is 13.7. The molecule has 2 nitrogen and oxygen atoms in total. The van der Waals surface area contributed by atoms with E-state index in [1.54, 1.807) is 0 Å². The van der Waals surface area contributed by atoms with Gasteiger partial charge in [0.25, 0.3) is 18.1 Å². The molecule has 0 N–H and O–H groups in total. The van der Waals surface area contributed by atoms with E-state index in [0.717, 1.165) is 42.5 Å². The fourth-order valence-corrected chi connectivity index (χ4v) is 4.27. The second-order valence-electron chi connectivity index (χ2n) is 6.82. The third-order valence-corrected chi connectivity index (χ3v) is 5.82. The predicted octanol–water partition coefficient (Wildman–Crippen LogP) is 7.13. The van der Waals surface area contributed by atoms with Crippen LogP contribution in [0.2, 0.25) is 26.2 Å². The van der Waals surface area contributed by atoms with Crippen molar-refractivity contribution in [2.45, 2.75) is 51.9 Å². The highest BCUT2D eigenvalue weighted by atomic mass is 79.9. The van der Waals surface area contributed by atoms with Gasteiger partial charge < -0.3 is 8.85 Å². The zero-order valence-corrected chi connectivity index (χ0v) is 21.8. The molecular weight excluding hydrogens is 468 g/mol. The zero-order chi connectivity index (χ0) is 20.8. The first-order chi connectivity index (χ1) is 13.5. The SMILES string of the molecule is C[Si](C)Oc1ccccc1CCCBr.C[Si](C)Oc1ccccc1CCCCl. The van der Waals surface area contributed by atoms with Crippen molar-refractivity contribution in [2.75, 3.05) is 11.2 Å². The van der Waals surface area contributed by atoms with Gasteiger partial charge in [0.2, 0.25) is 0 Å². The van der Waals surface area contributed by atoms with E-state index in [-0.39, 0.29) is 0 Å². The molecule has 0 heterocycles. The first-order valence-corrected chi connectivity index (χ1v) is 16.2. The van der Waals surface area contributed by atoms with Crippen LogP contribution >= 0.6 is 27.5 Å². The maximum atomic E-state index is 5.83. The van der Waals surface area contributed by atoms with Crippen LogP contribution in [0.3, 0.4) is 0 Å². The van der Waals surface area contributed by atoms with Crippen molar-refractivity contribution in [2.24, 2.45) is 0 Å². The maximum Gasteiger partial charge on any atom is 0.274 e. The predicted molar refractivity (Wildman–Crippen MR) is 130 cm³/mol. The van der Waals surface area contributed by atoms with Gasteiger partial charge in [0, 0.05) is 11.2 Å². The molecule has 2 aromatic carbocycles. The van der Waals surface area contributed by atoms with Gasteiger partial charge in [0.1, 0.15) is 11.5 Å². The van der Waals surface area contributed by atoms with Crippen molar-refractivity contribution >= 4 is 45.6 Å². The normalized spacial score (nSPS) is 10.6. The minimum Gasteiger partial charge on any atom is -0.542 e. The van der Waals surface area contributed by atoms with E-state index >= 15 is 0 Å². The largest absolute Gasteiger partial charge is 0.542 e. The number of rotatable bonds is 10. The number of aryl methyl sites for hydroxylation is 2. The van der Waals surface area contributed by atoms with Crippen molar-refractivity contribution in [3.63, 3.8) is 0 Å². The van der Waals surface area contributed by atoms with Crippen LogP contribution in [0.4, 0.5) is 0 Å². The Labute approximate surface area is 188 Å². The highest BCUT2D eigenvalue weighted by Gasteiger charge is 2.06. The third-order valence-electron chi connectivity index (χ3n) is 3.73. The standard InChI is InChI=1S/C11H16BrOSi.C11H16ClOSi/c2*1-14(2)13-11-8-4-3-6-10(11)7-5-9-12/h2*3-4,6,8H,5,7,9H2,1-2H3. The van der Waals surface area contributed by atoms with Gasteiger partial charge in [-0.1, -0.05) is 52.3 Å². The Hall–Kier alpha value is -0.756. The molecule has 0 fully saturated rings. The molecule has 0 aliphatic rings. The molecule has 0 spiro atoms. The summed E-state index contributed by atoms with van der Waals surface area (Å²) in [4.78, 5) is 0. The molecule has 0 atom stereocenters. The Morgan fingerprint density at radius 1 is 0.750 bits per heavy atom. The number of alkyl halides is 2. The summed E-state index contributed by atoms with van der Waals surface area (Å²) < 4.78 is 11.6. The molecule has 2 radical (unpaired) electrons. The van der Waals surface area contributed by atoms with Crippen molar-refractivity contribution in [3.8, 4) is 11.5 Å². The van der Waals surface area contributed by atoms with E-state index in [9.17, 15) is 0 Å². The summed E-state index contributed by atoms with van der Waals surface area (Å²) in [5.41, 5.74) is 2.61. The van der Waals surface area contributed by atoms with Crippen molar-refractivity contribution in [3.05, 3.63) is 59.7 Å². The van der Waals surface area contributed by atoms with Crippen LogP contribution in [0.25, 0.3) is 0 Å². The Morgan fingerprint density at radius 2 is 1.18 bits per heavy atom. The average Bonchev–Trinajstić information content (AvgIpc) is 2.66. The van der Waals surface area contributed by atoms with E-state index < -0.39 is 18.1 Å². The summed E-state index contributed by atoms with van der Waals surface area (Å²) in [7, 11) is -1.31. The van der Waals surface area contributed by atoms with Crippen LogP contribution in [-0.4, -0.2) is 29.3 Å². The van der Waals surface area contributed by atoms with Gasteiger partial charge in [-0.05, 0) is 75.1 Å². The fourth-order valence-electron chi connectivity index (χ4n) is 2.57. The van der Waals surface area contributed by atoms with E-state index in [1.165, 1.54) is 11.1 Å². The van der Waals surface area contributed by atoms with Gasteiger partial charge >= 0.3 is 0 Å². The van der Waals surface area contributed by atoms with E-state index in [1.807, 2.05) is 24.3 Å². The third kappa shape index (κ3) is 10.7. The molecule has 0 unspecified atom stereocenters. The molecule has 0 amide bonds. The Morgan fingerprint density at radius 3 is 1.57 bits per heavy atom. The molecule has 28 heavy (non-hydrogen) atoms. The van der Waals surface area contributed by atoms with E-state index in [4.69, 9.17) is 20.5 Å². The molecule has 0 aliphatic heterocycles. The van der Waals surface area contributed by atoms with Crippen molar-refractivity contribution in [1.29, 1.82) is 0 Å². The first-order valence-electron chi connectivity index (χ1n) is 9.71. The minimum atomic E-state index is -0.667. The highest BCUT2D eigenvalue weighted by molar-refractivity contribution is 9.09. The molecule has 0 saturated heterocycles. The van der Waals surface area contributed by atoms with E-state index in [0.29, 0.717) is 5.88 Å². The lowest BCUT2D eigenvalue weighted by atomic mass is 10.1. The van der Waals surface area contributed by atoms with E-state index in [2.05, 4.69) is 66.4 Å². The molecule has 154 valence electrons. The summed E-state index contributed by atoms with van der Waals surface area (Å²) in [5.74, 6) is 2.83. The second-order valence-corrected chi connectivity index (χ2v) is 12.0. The van der Waals surface area contributed by atoms with Gasteiger partial charge in [-0.2, -0.15) is 0 Å². The van der Waals surface area contributed by atoms with Gasteiger partial charge in [0.05, 0.1) is 0 Å². The van der Waals surface area contributed by atoms with Crippen molar-refractivity contribution < 1.29 is 8.85 Å². The lowest BCUT2D eigenvalue weighted by Crippen LogP contribution is -2.12. The maximum absolute atomic E-state index is 5.83. The summed E-state index contributed by atoms with van der Waals surface area (Å²) in [5, 5.41) is 1.05. The molecule has 6 heteroatoms. The van der Waals surface area contributed by atoms with Gasteiger partial charge in [0.15, 0.2) is 0 Å². The Bertz CT molecular complexity index is 611. The van der Waals surface area contributed by atoms with Crippen LogP contribution in [0.5, 0.6) is 11.5 Å². The lowest BCUT2D eigenvalue weighted by Gasteiger charge is -2.12. The fraction of sp³-hybridized carbons (Fsp3) is 0.455. The van der Waals surface area contributed by atoms with Gasteiger partial charge in [-0.3, -0.25) is 0 Å². The van der Waals surface area contributed by atoms with Crippen molar-refractivity contribution in [1.82, 2.24) is 0 Å². The quantitative estimate of drug-likeness (QED) is 0.255. The topological polar surface area (TPSA) is 18.5 Å². The monoisotopic (exact) mass is 498 g/mol. The molecule has 2 aromatic rings. The summed E-state index contributed by atoms with van der Waals surface area (Å²) >= 11 is 9.12. The first kappa shape index (κ1) is 25.3. The average molecular weight is 500 g/mol.